The van der Waals surface area contributed by atoms with Crippen molar-refractivity contribution in [2.24, 2.45) is 0 Å². The summed E-state index contributed by atoms with van der Waals surface area (Å²) >= 11 is 0. The van der Waals surface area contributed by atoms with Crippen molar-refractivity contribution in [2.45, 2.75) is 26.9 Å². The van der Waals surface area contributed by atoms with Crippen LogP contribution >= 0.6 is 0 Å². The average molecular weight is 321 g/mol. The summed E-state index contributed by atoms with van der Waals surface area (Å²) in [4.78, 5) is 14.3. The Balaban J connectivity index is 1.75. The van der Waals surface area contributed by atoms with E-state index in [1.165, 1.54) is 5.56 Å². The van der Waals surface area contributed by atoms with Gasteiger partial charge in [-0.15, -0.1) is 0 Å². The molecular weight excluding hydrogens is 302 g/mol. The fourth-order valence-electron chi connectivity index (χ4n) is 3.20. The van der Waals surface area contributed by atoms with Gasteiger partial charge in [-0.3, -0.25) is 4.90 Å². The molecule has 0 amide bonds. The molecule has 4 heteroatoms. The summed E-state index contributed by atoms with van der Waals surface area (Å²) in [6.45, 7) is 5.80. The fourth-order valence-corrected chi connectivity index (χ4v) is 3.20. The van der Waals surface area contributed by atoms with Crippen LogP contribution in [0.5, 0.6) is 5.75 Å². The largest absolute Gasteiger partial charge is 0.478 e. The molecule has 0 aliphatic carbocycles. The minimum Gasteiger partial charge on any atom is -0.478 e. The Kier molecular flexibility index (Phi) is 3.62. The third-order valence-electron chi connectivity index (χ3n) is 4.72. The van der Waals surface area contributed by atoms with Crippen LogP contribution in [-0.2, 0) is 13.1 Å². The summed E-state index contributed by atoms with van der Waals surface area (Å²) in [5.41, 5.74) is 4.21. The highest BCUT2D eigenvalue weighted by molar-refractivity contribution is 5.85. The van der Waals surface area contributed by atoms with Crippen LogP contribution in [0, 0.1) is 13.8 Å². The zero-order chi connectivity index (χ0) is 16.7. The number of benzene rings is 2. The third kappa shape index (κ3) is 2.49. The molecule has 24 heavy (non-hydrogen) atoms. The van der Waals surface area contributed by atoms with Gasteiger partial charge in [-0.05, 0) is 37.1 Å². The van der Waals surface area contributed by atoms with Crippen molar-refractivity contribution in [3.63, 3.8) is 0 Å². The van der Waals surface area contributed by atoms with Gasteiger partial charge < -0.3 is 9.15 Å². The van der Waals surface area contributed by atoms with Gasteiger partial charge in [0.15, 0.2) is 0 Å². The molecule has 2 heterocycles. The van der Waals surface area contributed by atoms with E-state index in [1.54, 1.807) is 6.92 Å². The molecule has 0 saturated heterocycles. The van der Waals surface area contributed by atoms with Gasteiger partial charge in [0.1, 0.15) is 18.1 Å². The van der Waals surface area contributed by atoms with Gasteiger partial charge in [-0.1, -0.05) is 30.3 Å². The van der Waals surface area contributed by atoms with Crippen molar-refractivity contribution < 1.29 is 9.15 Å². The molecule has 1 aliphatic heterocycles. The summed E-state index contributed by atoms with van der Waals surface area (Å²) in [5, 5.41) is 0.982. The molecular formula is C20H19NO3. The molecule has 0 spiro atoms. The number of hydrogen-bond donors (Lipinski definition) is 0. The zero-order valence-electron chi connectivity index (χ0n) is 13.8. The van der Waals surface area contributed by atoms with E-state index < -0.39 is 0 Å². The highest BCUT2D eigenvalue weighted by Crippen LogP contribution is 2.33. The second kappa shape index (κ2) is 5.80. The van der Waals surface area contributed by atoms with Crippen LogP contribution in [0.15, 0.2) is 51.7 Å². The van der Waals surface area contributed by atoms with E-state index in [1.807, 2.05) is 37.3 Å². The van der Waals surface area contributed by atoms with Crippen LogP contribution in [0.4, 0.5) is 0 Å². The van der Waals surface area contributed by atoms with E-state index in [0.717, 1.165) is 28.8 Å². The van der Waals surface area contributed by atoms with E-state index in [-0.39, 0.29) is 5.63 Å². The van der Waals surface area contributed by atoms with Crippen LogP contribution in [0.2, 0.25) is 0 Å². The predicted octanol–water partition coefficient (Wildman–Crippen LogP) is 3.76. The van der Waals surface area contributed by atoms with Crippen molar-refractivity contribution in [1.29, 1.82) is 0 Å². The number of rotatable bonds is 2. The summed E-state index contributed by atoms with van der Waals surface area (Å²) in [6, 6.07) is 14.2. The Bertz CT molecular complexity index is 960. The Morgan fingerprint density at radius 1 is 1.04 bits per heavy atom. The quantitative estimate of drug-likeness (QED) is 0.674. The standard InChI is InChI=1S/C20H19NO3/c1-13-14(2)20(22)24-19-16(13)8-9-18-17(19)11-21(12-23-18)10-15-6-4-3-5-7-15/h3-9H,10-12H2,1-2H3. The molecule has 1 aliphatic rings. The number of hydrogen-bond acceptors (Lipinski definition) is 4. The monoisotopic (exact) mass is 321 g/mol. The Labute approximate surface area is 140 Å². The highest BCUT2D eigenvalue weighted by Gasteiger charge is 2.22. The van der Waals surface area contributed by atoms with Gasteiger partial charge >= 0.3 is 5.63 Å². The number of nitrogens with zero attached hydrogens (tertiary/aromatic N) is 1. The molecule has 122 valence electrons. The van der Waals surface area contributed by atoms with Crippen LogP contribution in [0.3, 0.4) is 0 Å². The van der Waals surface area contributed by atoms with Crippen molar-refractivity contribution in [3.8, 4) is 5.75 Å². The summed E-state index contributed by atoms with van der Waals surface area (Å²) in [6.07, 6.45) is 0. The molecule has 2 aromatic carbocycles. The van der Waals surface area contributed by atoms with Gasteiger partial charge in [0.2, 0.25) is 0 Å². The summed E-state index contributed by atoms with van der Waals surface area (Å²) < 4.78 is 11.5. The molecule has 0 N–H and O–H groups in total. The molecule has 4 rings (SSSR count). The van der Waals surface area contributed by atoms with E-state index in [9.17, 15) is 4.79 Å². The minimum absolute atomic E-state index is 0.270. The van der Waals surface area contributed by atoms with Crippen molar-refractivity contribution >= 4 is 11.0 Å². The van der Waals surface area contributed by atoms with Crippen LogP contribution in [0.25, 0.3) is 11.0 Å². The van der Waals surface area contributed by atoms with E-state index in [0.29, 0.717) is 24.4 Å². The van der Waals surface area contributed by atoms with E-state index in [4.69, 9.17) is 9.15 Å². The van der Waals surface area contributed by atoms with Gasteiger partial charge in [0, 0.05) is 24.0 Å². The molecule has 0 atom stereocenters. The first-order valence-electron chi connectivity index (χ1n) is 8.08. The normalized spacial score (nSPS) is 14.4. The fraction of sp³-hybridized carbons (Fsp3) is 0.250. The van der Waals surface area contributed by atoms with E-state index >= 15 is 0 Å². The van der Waals surface area contributed by atoms with Crippen molar-refractivity contribution in [3.05, 3.63) is 75.1 Å². The number of fused-ring (bicyclic) bond motifs is 3. The SMILES string of the molecule is Cc1c(C)c2ccc3c(c2oc1=O)CN(Cc1ccccc1)CO3. The molecule has 4 nitrogen and oxygen atoms in total. The maximum Gasteiger partial charge on any atom is 0.339 e. The molecule has 0 bridgehead atoms. The Morgan fingerprint density at radius 3 is 2.62 bits per heavy atom. The maximum absolute atomic E-state index is 12.1. The molecule has 0 radical (unpaired) electrons. The van der Waals surface area contributed by atoms with Crippen LogP contribution in [-0.4, -0.2) is 11.6 Å². The number of ether oxygens (including phenoxy) is 1. The highest BCUT2D eigenvalue weighted by atomic mass is 16.5. The topological polar surface area (TPSA) is 42.7 Å². The summed E-state index contributed by atoms with van der Waals surface area (Å²) in [7, 11) is 0. The lowest BCUT2D eigenvalue weighted by Gasteiger charge is -2.29. The lowest BCUT2D eigenvalue weighted by atomic mass is 10.0. The van der Waals surface area contributed by atoms with Crippen LogP contribution in [0.1, 0.15) is 22.3 Å². The first-order valence-corrected chi connectivity index (χ1v) is 8.08. The van der Waals surface area contributed by atoms with Crippen molar-refractivity contribution in [1.82, 2.24) is 4.90 Å². The Hall–Kier alpha value is -2.59. The molecule has 0 unspecified atom stereocenters. The minimum atomic E-state index is -0.270. The molecule has 0 saturated carbocycles. The first-order chi connectivity index (χ1) is 11.6. The average Bonchev–Trinajstić information content (AvgIpc) is 2.60. The lowest BCUT2D eigenvalue weighted by Crippen LogP contribution is -2.31. The molecule has 1 aromatic heterocycles. The third-order valence-corrected chi connectivity index (χ3v) is 4.72. The van der Waals surface area contributed by atoms with Gasteiger partial charge in [0.05, 0.1) is 5.56 Å². The second-order valence-corrected chi connectivity index (χ2v) is 6.30. The maximum atomic E-state index is 12.1. The second-order valence-electron chi connectivity index (χ2n) is 6.30. The number of aryl methyl sites for hydroxylation is 1. The summed E-state index contributed by atoms with van der Waals surface area (Å²) in [5.74, 6) is 0.804. The van der Waals surface area contributed by atoms with Gasteiger partial charge in [-0.2, -0.15) is 0 Å². The molecule has 0 fully saturated rings. The Morgan fingerprint density at radius 2 is 1.83 bits per heavy atom. The van der Waals surface area contributed by atoms with E-state index in [2.05, 4.69) is 17.0 Å². The van der Waals surface area contributed by atoms with Gasteiger partial charge in [0.25, 0.3) is 0 Å². The van der Waals surface area contributed by atoms with Crippen LogP contribution < -0.4 is 10.4 Å². The lowest BCUT2D eigenvalue weighted by molar-refractivity contribution is 0.0889. The van der Waals surface area contributed by atoms with Crippen molar-refractivity contribution in [2.75, 3.05) is 6.73 Å². The first kappa shape index (κ1) is 15.0. The zero-order valence-corrected chi connectivity index (χ0v) is 13.8. The smallest absolute Gasteiger partial charge is 0.339 e. The van der Waals surface area contributed by atoms with Gasteiger partial charge in [-0.25, -0.2) is 4.79 Å². The molecule has 3 aromatic rings. The predicted molar refractivity (Wildman–Crippen MR) is 93.1 cm³/mol.